The van der Waals surface area contributed by atoms with E-state index in [9.17, 15) is 0 Å². The molecule has 11 aromatic rings. The van der Waals surface area contributed by atoms with Crippen LogP contribution in [0.4, 0.5) is 0 Å². The van der Waals surface area contributed by atoms with E-state index in [2.05, 4.69) is 106 Å². The van der Waals surface area contributed by atoms with E-state index in [1.807, 2.05) is 24.3 Å². The van der Waals surface area contributed by atoms with Crippen molar-refractivity contribution in [2.24, 2.45) is 0 Å². The molecule has 0 aliphatic heterocycles. The molecule has 0 bridgehead atoms. The second-order valence-corrected chi connectivity index (χ2v) is 13.2. The third kappa shape index (κ3) is 4.76. The van der Waals surface area contributed by atoms with Gasteiger partial charge in [0.2, 0.25) is 0 Å². The summed E-state index contributed by atoms with van der Waals surface area (Å²) in [6.07, 6.45) is 14.0. The van der Waals surface area contributed by atoms with Crippen LogP contribution in [0.2, 0.25) is 0 Å². The molecule has 0 atom stereocenters. The molecule has 0 unspecified atom stereocenters. The summed E-state index contributed by atoms with van der Waals surface area (Å²) in [6, 6.07) is 41.2. The summed E-state index contributed by atoms with van der Waals surface area (Å²) in [5.41, 5.74) is 8.26. The van der Waals surface area contributed by atoms with E-state index < -0.39 is 0 Å². The van der Waals surface area contributed by atoms with Crippen molar-refractivity contribution in [3.63, 3.8) is 0 Å². The van der Waals surface area contributed by atoms with Crippen molar-refractivity contribution in [2.45, 2.75) is 0 Å². The molecule has 0 amide bonds. The largest absolute Gasteiger partial charge is 0.306 e. The summed E-state index contributed by atoms with van der Waals surface area (Å²) in [6.45, 7) is 0. The number of hydrogen-bond acceptors (Lipinski definition) is 8. The lowest BCUT2D eigenvalue weighted by molar-refractivity contribution is 1.06. The van der Waals surface area contributed by atoms with Crippen LogP contribution in [0.5, 0.6) is 0 Å². The zero-order valence-electron chi connectivity index (χ0n) is 29.6. The molecule has 10 nitrogen and oxygen atoms in total. The Hall–Kier alpha value is -7.98. The quantitative estimate of drug-likeness (QED) is 0.167. The van der Waals surface area contributed by atoms with Crippen molar-refractivity contribution in [2.75, 3.05) is 0 Å². The molecule has 0 fully saturated rings. The first-order chi connectivity index (χ1) is 27.9. The molecule has 0 radical (unpaired) electrons. The van der Waals surface area contributed by atoms with Gasteiger partial charge in [-0.05, 0) is 48.5 Å². The second-order valence-electron chi connectivity index (χ2n) is 13.2. The highest BCUT2D eigenvalue weighted by Gasteiger charge is 2.35. The van der Waals surface area contributed by atoms with E-state index in [1.54, 1.807) is 49.6 Å². The van der Waals surface area contributed by atoms with Gasteiger partial charge >= 0.3 is 0 Å². The molecule has 56 heavy (non-hydrogen) atoms. The molecule has 11 rings (SSSR count). The molecular formula is C46H28N10. The lowest BCUT2D eigenvalue weighted by atomic mass is 9.88. The topological polar surface area (TPSA) is 113 Å². The first-order valence-electron chi connectivity index (χ1n) is 18.2. The Bertz CT molecular complexity index is 2910. The maximum absolute atomic E-state index is 4.99. The van der Waals surface area contributed by atoms with Gasteiger partial charge in [-0.25, -0.2) is 39.9 Å². The summed E-state index contributed by atoms with van der Waals surface area (Å²) in [7, 11) is 0. The van der Waals surface area contributed by atoms with Crippen LogP contribution >= 0.6 is 0 Å². The van der Waals surface area contributed by atoms with Gasteiger partial charge in [-0.3, -0.25) is 0 Å². The van der Waals surface area contributed by atoms with E-state index in [0.717, 1.165) is 55.0 Å². The van der Waals surface area contributed by atoms with E-state index in [1.165, 1.54) is 0 Å². The average molecular weight is 721 g/mol. The Labute approximate surface area is 319 Å². The van der Waals surface area contributed by atoms with Gasteiger partial charge in [0.05, 0.1) is 44.6 Å². The highest BCUT2D eigenvalue weighted by atomic mass is 15.1. The summed E-state index contributed by atoms with van der Waals surface area (Å²) in [5.74, 6) is 1.86. The SMILES string of the molecule is c1cnc(-c2c(-c3ncccn3)c(-c3ncccn3)c(-n3c4ccccc4c4ccccc43)c(-n3c4ccccc4c4ccccc43)c2-c2ncccn2)nc1. The van der Waals surface area contributed by atoms with Gasteiger partial charge in [-0.1, -0.05) is 72.8 Å². The van der Waals surface area contributed by atoms with Crippen molar-refractivity contribution in [3.8, 4) is 56.9 Å². The Balaban J connectivity index is 1.52. The lowest BCUT2D eigenvalue weighted by Gasteiger charge is -2.27. The van der Waals surface area contributed by atoms with Crippen LogP contribution in [0, 0.1) is 0 Å². The van der Waals surface area contributed by atoms with Crippen molar-refractivity contribution >= 4 is 43.6 Å². The number of nitrogens with zero attached hydrogens (tertiary/aromatic N) is 10. The van der Waals surface area contributed by atoms with Gasteiger partial charge < -0.3 is 9.13 Å². The highest BCUT2D eigenvalue weighted by molar-refractivity contribution is 6.15. The fourth-order valence-electron chi connectivity index (χ4n) is 8.08. The molecule has 262 valence electrons. The van der Waals surface area contributed by atoms with Gasteiger partial charge in [0.1, 0.15) is 0 Å². The molecule has 0 aliphatic carbocycles. The van der Waals surface area contributed by atoms with Gasteiger partial charge in [0, 0.05) is 82.2 Å². The van der Waals surface area contributed by atoms with Crippen LogP contribution in [0.1, 0.15) is 0 Å². The Morgan fingerprint density at radius 2 is 0.482 bits per heavy atom. The smallest absolute Gasteiger partial charge is 0.162 e. The van der Waals surface area contributed by atoms with Crippen molar-refractivity contribution < 1.29 is 0 Å². The van der Waals surface area contributed by atoms with Crippen LogP contribution in [0.3, 0.4) is 0 Å². The van der Waals surface area contributed by atoms with Crippen molar-refractivity contribution in [3.05, 3.63) is 171 Å². The highest BCUT2D eigenvalue weighted by Crippen LogP contribution is 2.52. The Morgan fingerprint density at radius 3 is 0.750 bits per heavy atom. The summed E-state index contributed by atoms with van der Waals surface area (Å²) < 4.78 is 4.65. The number of fused-ring (bicyclic) bond motifs is 6. The molecule has 0 saturated heterocycles. The fraction of sp³-hybridized carbons (Fsp3) is 0. The minimum absolute atomic E-state index is 0.449. The Kier molecular flexibility index (Phi) is 7.24. The number of para-hydroxylation sites is 4. The summed E-state index contributed by atoms with van der Waals surface area (Å²) in [5, 5.41) is 4.40. The molecule has 0 spiro atoms. The monoisotopic (exact) mass is 720 g/mol. The third-order valence-electron chi connectivity index (χ3n) is 10.2. The maximum atomic E-state index is 4.99. The number of rotatable bonds is 6. The zero-order chi connectivity index (χ0) is 37.0. The normalized spacial score (nSPS) is 11.6. The molecule has 0 N–H and O–H groups in total. The molecule has 0 aliphatic rings. The summed E-state index contributed by atoms with van der Waals surface area (Å²) in [4.78, 5) is 39.6. The number of benzene rings is 5. The van der Waals surface area contributed by atoms with Gasteiger partial charge in [-0.2, -0.15) is 0 Å². The standard InChI is InChI=1S/C46H28N10/c1-5-17-33-29(13-1)30-14-2-6-18-34(30)55(33)41-39(45-51-25-11-26-52-45)37(43-47-21-9-22-48-43)38(44-49-23-10-24-50-44)40(46-53-27-12-28-54-46)42(41)56-35-19-7-3-15-31(35)32-16-4-8-20-36(32)56/h1-28H. The van der Waals surface area contributed by atoms with E-state index in [-0.39, 0.29) is 0 Å². The van der Waals surface area contributed by atoms with E-state index >= 15 is 0 Å². The molecular weight excluding hydrogens is 693 g/mol. The average Bonchev–Trinajstić information content (AvgIpc) is 3.79. The molecule has 0 saturated carbocycles. The van der Waals surface area contributed by atoms with Crippen LogP contribution in [0.15, 0.2) is 171 Å². The Morgan fingerprint density at radius 1 is 0.250 bits per heavy atom. The van der Waals surface area contributed by atoms with Crippen LogP contribution < -0.4 is 0 Å². The van der Waals surface area contributed by atoms with Crippen LogP contribution in [-0.2, 0) is 0 Å². The fourth-order valence-corrected chi connectivity index (χ4v) is 8.08. The number of aromatic nitrogens is 10. The number of hydrogen-bond donors (Lipinski definition) is 0. The first-order valence-corrected chi connectivity index (χ1v) is 18.2. The van der Waals surface area contributed by atoms with Gasteiger partial charge in [-0.15, -0.1) is 0 Å². The molecule has 6 heterocycles. The lowest BCUT2D eigenvalue weighted by Crippen LogP contribution is -2.13. The minimum Gasteiger partial charge on any atom is -0.306 e. The van der Waals surface area contributed by atoms with E-state index in [0.29, 0.717) is 45.6 Å². The molecule has 10 heteroatoms. The van der Waals surface area contributed by atoms with Crippen LogP contribution in [0.25, 0.3) is 101 Å². The predicted octanol–water partition coefficient (Wildman–Crippen LogP) is 9.71. The second kappa shape index (κ2) is 12.9. The van der Waals surface area contributed by atoms with E-state index in [4.69, 9.17) is 39.9 Å². The van der Waals surface area contributed by atoms with Gasteiger partial charge in [0.25, 0.3) is 0 Å². The minimum atomic E-state index is 0.449. The predicted molar refractivity (Wildman–Crippen MR) is 219 cm³/mol. The van der Waals surface area contributed by atoms with Crippen molar-refractivity contribution in [1.29, 1.82) is 0 Å². The van der Waals surface area contributed by atoms with Gasteiger partial charge in [0.15, 0.2) is 23.3 Å². The zero-order valence-corrected chi connectivity index (χ0v) is 29.6. The maximum Gasteiger partial charge on any atom is 0.162 e. The van der Waals surface area contributed by atoms with Crippen LogP contribution in [-0.4, -0.2) is 49.0 Å². The molecule has 5 aromatic carbocycles. The first kappa shape index (κ1) is 31.5. The summed E-state index contributed by atoms with van der Waals surface area (Å²) >= 11 is 0. The molecule has 6 aromatic heterocycles. The third-order valence-corrected chi connectivity index (χ3v) is 10.2. The van der Waals surface area contributed by atoms with Crippen molar-refractivity contribution in [1.82, 2.24) is 49.0 Å².